The molecule has 3 rings (SSSR count). The summed E-state index contributed by atoms with van der Waals surface area (Å²) in [5.41, 5.74) is 1.24. The number of nitrogens with one attached hydrogen (secondary N) is 1. The van der Waals surface area contributed by atoms with E-state index >= 15 is 0 Å². The first-order valence-electron chi connectivity index (χ1n) is 8.29. The molecule has 1 aliphatic heterocycles. The van der Waals surface area contributed by atoms with Crippen molar-refractivity contribution in [1.82, 2.24) is 4.90 Å². The summed E-state index contributed by atoms with van der Waals surface area (Å²) in [4.78, 5) is 31.0. The molecule has 2 aromatic rings. The summed E-state index contributed by atoms with van der Waals surface area (Å²) in [6.45, 7) is 0. The summed E-state index contributed by atoms with van der Waals surface area (Å²) in [5, 5.41) is 3.13. The van der Waals surface area contributed by atoms with E-state index < -0.39 is 5.25 Å². The molecule has 1 unspecified atom stereocenters. The van der Waals surface area contributed by atoms with E-state index in [0.717, 1.165) is 4.47 Å². The predicted octanol–water partition coefficient (Wildman–Crippen LogP) is 4.70. The van der Waals surface area contributed by atoms with Gasteiger partial charge in [-0.1, -0.05) is 39.3 Å². The number of carbonyl (C=O) groups excluding carboxylic acids is 2. The summed E-state index contributed by atoms with van der Waals surface area (Å²) in [5.74, 6) is 0.125. The van der Waals surface area contributed by atoms with Crippen LogP contribution in [-0.4, -0.2) is 41.3 Å². The number of amidine groups is 1. The van der Waals surface area contributed by atoms with Crippen molar-refractivity contribution < 1.29 is 14.3 Å². The molecule has 0 aromatic heterocycles. The van der Waals surface area contributed by atoms with Crippen molar-refractivity contribution in [3.8, 4) is 5.75 Å². The Labute approximate surface area is 180 Å². The average molecular weight is 483 g/mol. The molecule has 28 heavy (non-hydrogen) atoms. The third-order valence-corrected chi connectivity index (χ3v) is 6.10. The summed E-state index contributed by atoms with van der Waals surface area (Å²) < 4.78 is 6.05. The first kappa shape index (κ1) is 20.7. The maximum atomic E-state index is 12.6. The Morgan fingerprint density at radius 2 is 2.04 bits per heavy atom. The van der Waals surface area contributed by atoms with Crippen LogP contribution >= 0.6 is 39.3 Å². The van der Waals surface area contributed by atoms with Crippen LogP contribution in [0, 0.1) is 0 Å². The van der Waals surface area contributed by atoms with Gasteiger partial charge in [0.1, 0.15) is 11.0 Å². The van der Waals surface area contributed by atoms with E-state index in [1.54, 1.807) is 37.4 Å². The van der Waals surface area contributed by atoms with E-state index in [2.05, 4.69) is 26.2 Å². The Bertz CT molecular complexity index is 937. The van der Waals surface area contributed by atoms with Crippen molar-refractivity contribution in [2.45, 2.75) is 11.7 Å². The van der Waals surface area contributed by atoms with Crippen LogP contribution in [0.1, 0.15) is 6.42 Å². The number of rotatable bonds is 4. The van der Waals surface area contributed by atoms with Crippen molar-refractivity contribution in [1.29, 1.82) is 0 Å². The Hall–Kier alpha value is -2.03. The molecular weight excluding hydrogens is 466 g/mol. The topological polar surface area (TPSA) is 71.0 Å². The van der Waals surface area contributed by atoms with Crippen LogP contribution in [0.3, 0.4) is 0 Å². The number of amides is 2. The molecule has 0 spiro atoms. The summed E-state index contributed by atoms with van der Waals surface area (Å²) >= 11 is 10.7. The maximum Gasteiger partial charge on any atom is 0.238 e. The molecule has 0 aliphatic carbocycles. The van der Waals surface area contributed by atoms with Gasteiger partial charge in [-0.15, -0.1) is 0 Å². The van der Waals surface area contributed by atoms with E-state index in [1.807, 2.05) is 12.1 Å². The highest BCUT2D eigenvalue weighted by Gasteiger charge is 2.34. The van der Waals surface area contributed by atoms with Crippen LogP contribution in [0.4, 0.5) is 11.4 Å². The minimum Gasteiger partial charge on any atom is -0.495 e. The van der Waals surface area contributed by atoms with Crippen molar-refractivity contribution >= 4 is 67.6 Å². The third-order valence-electron chi connectivity index (χ3n) is 4.03. The lowest BCUT2D eigenvalue weighted by molar-refractivity contribution is -0.128. The molecule has 9 heteroatoms. The fourth-order valence-corrected chi connectivity index (χ4v) is 4.07. The quantitative estimate of drug-likeness (QED) is 0.686. The van der Waals surface area contributed by atoms with Crippen LogP contribution in [0.5, 0.6) is 5.75 Å². The number of hydrogen-bond acceptors (Lipinski definition) is 5. The van der Waals surface area contributed by atoms with Gasteiger partial charge in [0.2, 0.25) is 11.8 Å². The fraction of sp³-hybridized carbons (Fsp3) is 0.211. The highest BCUT2D eigenvalue weighted by atomic mass is 79.9. The zero-order valence-electron chi connectivity index (χ0n) is 15.1. The Morgan fingerprint density at radius 3 is 2.68 bits per heavy atom. The number of thioether (sulfide) groups is 1. The zero-order valence-corrected chi connectivity index (χ0v) is 18.3. The largest absolute Gasteiger partial charge is 0.495 e. The van der Waals surface area contributed by atoms with Crippen LogP contribution < -0.4 is 10.1 Å². The zero-order chi connectivity index (χ0) is 20.3. The molecular formula is C19H17BrClN3O3S. The van der Waals surface area contributed by atoms with E-state index in [9.17, 15) is 9.59 Å². The van der Waals surface area contributed by atoms with E-state index in [4.69, 9.17) is 16.3 Å². The SMILES string of the molecule is COc1ccc(N=C2SC(C(=O)Nc3ccc(Br)cc3)CC(=O)N2C)cc1Cl. The number of anilines is 1. The second-order valence-electron chi connectivity index (χ2n) is 5.97. The highest BCUT2D eigenvalue weighted by molar-refractivity contribution is 9.10. The first-order valence-corrected chi connectivity index (χ1v) is 10.3. The van der Waals surface area contributed by atoms with Crippen LogP contribution in [0.15, 0.2) is 51.9 Å². The Morgan fingerprint density at radius 1 is 1.32 bits per heavy atom. The molecule has 146 valence electrons. The summed E-state index contributed by atoms with van der Waals surface area (Å²) in [6, 6.07) is 12.3. The number of ether oxygens (including phenoxy) is 1. The number of benzene rings is 2. The van der Waals surface area contributed by atoms with Gasteiger partial charge in [0.15, 0.2) is 5.17 Å². The third kappa shape index (κ3) is 4.87. The number of hydrogen-bond donors (Lipinski definition) is 1. The lowest BCUT2D eigenvalue weighted by Crippen LogP contribution is -2.43. The molecule has 2 amide bonds. The molecule has 6 nitrogen and oxygen atoms in total. The Balaban J connectivity index is 1.78. The monoisotopic (exact) mass is 481 g/mol. The smallest absolute Gasteiger partial charge is 0.238 e. The molecule has 0 radical (unpaired) electrons. The molecule has 1 heterocycles. The number of methoxy groups -OCH3 is 1. The van der Waals surface area contributed by atoms with Gasteiger partial charge < -0.3 is 10.1 Å². The van der Waals surface area contributed by atoms with Crippen molar-refractivity contribution in [2.24, 2.45) is 4.99 Å². The molecule has 2 aromatic carbocycles. The number of nitrogens with zero attached hydrogens (tertiary/aromatic N) is 2. The first-order chi connectivity index (χ1) is 13.4. The molecule has 1 N–H and O–H groups in total. The van der Waals surface area contributed by atoms with Crippen LogP contribution in [-0.2, 0) is 9.59 Å². The highest BCUT2D eigenvalue weighted by Crippen LogP contribution is 2.32. The van der Waals surface area contributed by atoms with Crippen LogP contribution in [0.2, 0.25) is 5.02 Å². The van der Waals surface area contributed by atoms with Crippen molar-refractivity contribution in [3.63, 3.8) is 0 Å². The van der Waals surface area contributed by atoms with Gasteiger partial charge in [-0.25, -0.2) is 4.99 Å². The number of halogens is 2. The van der Waals surface area contributed by atoms with Gasteiger partial charge >= 0.3 is 0 Å². The lowest BCUT2D eigenvalue weighted by Gasteiger charge is -2.28. The van der Waals surface area contributed by atoms with Crippen LogP contribution in [0.25, 0.3) is 0 Å². The van der Waals surface area contributed by atoms with E-state index in [1.165, 1.54) is 23.8 Å². The normalized spacial score (nSPS) is 18.3. The molecule has 1 fully saturated rings. The summed E-state index contributed by atoms with van der Waals surface area (Å²) in [6.07, 6.45) is 0.103. The minimum absolute atomic E-state index is 0.103. The fourth-order valence-electron chi connectivity index (χ4n) is 2.49. The molecule has 1 aliphatic rings. The predicted molar refractivity (Wildman–Crippen MR) is 117 cm³/mol. The standard InChI is InChI=1S/C19H17BrClN3O3S/c1-24-17(25)10-16(18(26)22-12-5-3-11(20)4-6-12)28-19(24)23-13-7-8-15(27-2)14(21)9-13/h3-9,16H,10H2,1-2H3,(H,22,26). The van der Waals surface area contributed by atoms with Crippen molar-refractivity contribution in [2.75, 3.05) is 19.5 Å². The molecule has 0 bridgehead atoms. The molecule has 0 saturated carbocycles. The van der Waals surface area contributed by atoms with Crippen molar-refractivity contribution in [3.05, 3.63) is 52.0 Å². The van der Waals surface area contributed by atoms with E-state index in [-0.39, 0.29) is 18.2 Å². The van der Waals surface area contributed by atoms with Gasteiger partial charge in [-0.3, -0.25) is 14.5 Å². The lowest BCUT2D eigenvalue weighted by atomic mass is 10.2. The number of aliphatic imine (C=N–C) groups is 1. The Kier molecular flexibility index (Phi) is 6.64. The average Bonchev–Trinajstić information content (AvgIpc) is 2.67. The second kappa shape index (κ2) is 8.98. The van der Waals surface area contributed by atoms with Gasteiger partial charge in [0, 0.05) is 23.6 Å². The number of carbonyl (C=O) groups is 2. The maximum absolute atomic E-state index is 12.6. The van der Waals surface area contributed by atoms with Gasteiger partial charge in [-0.05, 0) is 42.5 Å². The van der Waals surface area contributed by atoms with Gasteiger partial charge in [0.25, 0.3) is 0 Å². The summed E-state index contributed by atoms with van der Waals surface area (Å²) in [7, 11) is 3.17. The molecule has 1 saturated heterocycles. The minimum atomic E-state index is -0.570. The second-order valence-corrected chi connectivity index (χ2v) is 8.47. The van der Waals surface area contributed by atoms with Gasteiger partial charge in [0.05, 0.1) is 17.8 Å². The van der Waals surface area contributed by atoms with Gasteiger partial charge in [-0.2, -0.15) is 0 Å². The van der Waals surface area contributed by atoms with E-state index in [0.29, 0.717) is 27.3 Å². The molecule has 1 atom stereocenters.